The Kier molecular flexibility index (Phi) is 4.09. The number of hydrogen-bond acceptors (Lipinski definition) is 2. The Labute approximate surface area is 83.3 Å². The normalized spacial score (nSPS) is 12.5. The summed E-state index contributed by atoms with van der Waals surface area (Å²) in [5.74, 6) is 1.09. The van der Waals surface area contributed by atoms with Gasteiger partial charge in [0.25, 0.3) is 0 Å². The summed E-state index contributed by atoms with van der Waals surface area (Å²) in [6.45, 7) is 2.51. The second-order valence-corrected chi connectivity index (χ2v) is 3.39. The zero-order chi connectivity index (χ0) is 9.68. The van der Waals surface area contributed by atoms with Gasteiger partial charge in [0.1, 0.15) is 0 Å². The highest BCUT2D eigenvalue weighted by Crippen LogP contribution is 2.16. The first-order chi connectivity index (χ1) is 6.24. The van der Waals surface area contributed by atoms with Gasteiger partial charge in [-0.2, -0.15) is 12.6 Å². The fourth-order valence-electron chi connectivity index (χ4n) is 0.847. The monoisotopic (exact) mass is 200 g/mol. The number of ether oxygens (including phenoxy) is 1. The van der Waals surface area contributed by atoms with Gasteiger partial charge in [0.05, 0.1) is 6.61 Å². The van der Waals surface area contributed by atoms with Gasteiger partial charge in [0, 0.05) is 0 Å². The Hall–Kier alpha value is -0.700. The summed E-state index contributed by atoms with van der Waals surface area (Å²) in [4.78, 5) is 0. The van der Waals surface area contributed by atoms with Gasteiger partial charge in [-0.1, -0.05) is 19.1 Å². The molecule has 0 aliphatic heterocycles. The Balaban J connectivity index is 2.50. The summed E-state index contributed by atoms with van der Waals surface area (Å²) in [6.07, 6.45) is 0. The van der Waals surface area contributed by atoms with Crippen molar-refractivity contribution in [3.63, 3.8) is 0 Å². The van der Waals surface area contributed by atoms with Gasteiger partial charge >= 0.3 is 0 Å². The average molecular weight is 200 g/mol. The molecule has 0 fully saturated rings. The summed E-state index contributed by atoms with van der Waals surface area (Å²) in [6, 6.07) is 6.41. The van der Waals surface area contributed by atoms with Crippen LogP contribution >= 0.6 is 12.6 Å². The van der Waals surface area contributed by atoms with Gasteiger partial charge < -0.3 is 4.74 Å². The van der Waals surface area contributed by atoms with E-state index >= 15 is 0 Å². The van der Waals surface area contributed by atoms with E-state index in [1.807, 2.05) is 6.92 Å². The molecular formula is C10H13FOS. The lowest BCUT2D eigenvalue weighted by Gasteiger charge is -2.10. The third kappa shape index (κ3) is 3.27. The third-order valence-corrected chi connectivity index (χ3v) is 2.30. The van der Waals surface area contributed by atoms with E-state index in [4.69, 9.17) is 4.74 Å². The Morgan fingerprint density at radius 3 is 2.77 bits per heavy atom. The molecular weight excluding hydrogens is 187 g/mol. The summed E-state index contributed by atoms with van der Waals surface area (Å²) in [7, 11) is 0. The molecule has 1 rings (SSSR count). The number of thiol groups is 1. The summed E-state index contributed by atoms with van der Waals surface area (Å²) >= 11 is 4.11. The van der Waals surface area contributed by atoms with Gasteiger partial charge in [-0.3, -0.25) is 0 Å². The maximum Gasteiger partial charge on any atom is 0.165 e. The largest absolute Gasteiger partial charge is 0.490 e. The minimum absolute atomic E-state index is 0.311. The topological polar surface area (TPSA) is 9.23 Å². The van der Waals surface area contributed by atoms with Crippen LogP contribution in [0.4, 0.5) is 4.39 Å². The molecule has 0 radical (unpaired) electrons. The summed E-state index contributed by atoms with van der Waals surface area (Å²) in [5.41, 5.74) is 0. The molecule has 0 aliphatic rings. The zero-order valence-corrected chi connectivity index (χ0v) is 8.43. The van der Waals surface area contributed by atoms with Crippen LogP contribution in [0.1, 0.15) is 6.92 Å². The van der Waals surface area contributed by atoms with Crippen LogP contribution in [0.3, 0.4) is 0 Å². The van der Waals surface area contributed by atoms with E-state index in [1.54, 1.807) is 18.2 Å². The maximum absolute atomic E-state index is 13.0. The van der Waals surface area contributed by atoms with Crippen LogP contribution in [-0.4, -0.2) is 12.4 Å². The fraction of sp³-hybridized carbons (Fsp3) is 0.400. The van der Waals surface area contributed by atoms with Gasteiger partial charge in [0.2, 0.25) is 0 Å². The van der Waals surface area contributed by atoms with Crippen molar-refractivity contribution in [1.29, 1.82) is 0 Å². The van der Waals surface area contributed by atoms with Crippen LogP contribution in [0, 0.1) is 11.7 Å². The van der Waals surface area contributed by atoms with E-state index in [2.05, 4.69) is 12.6 Å². The molecule has 1 aromatic rings. The molecule has 0 saturated heterocycles. The maximum atomic E-state index is 13.0. The van der Waals surface area contributed by atoms with Crippen LogP contribution in [0.15, 0.2) is 24.3 Å². The zero-order valence-electron chi connectivity index (χ0n) is 7.53. The molecule has 1 aromatic carbocycles. The van der Waals surface area contributed by atoms with Crippen molar-refractivity contribution < 1.29 is 9.13 Å². The van der Waals surface area contributed by atoms with E-state index in [0.717, 1.165) is 5.75 Å². The predicted octanol–water partition coefficient (Wildman–Crippen LogP) is 2.77. The predicted molar refractivity (Wildman–Crippen MR) is 54.9 cm³/mol. The first-order valence-corrected chi connectivity index (χ1v) is 4.85. The molecule has 13 heavy (non-hydrogen) atoms. The van der Waals surface area contributed by atoms with Crippen molar-refractivity contribution in [2.75, 3.05) is 12.4 Å². The van der Waals surface area contributed by atoms with Crippen molar-refractivity contribution in [2.24, 2.45) is 5.92 Å². The van der Waals surface area contributed by atoms with Crippen molar-refractivity contribution in [3.8, 4) is 5.75 Å². The Morgan fingerprint density at radius 2 is 2.15 bits per heavy atom. The highest BCUT2D eigenvalue weighted by Gasteiger charge is 2.03. The second-order valence-electron chi connectivity index (χ2n) is 3.03. The molecule has 0 heterocycles. The molecule has 1 atom stereocenters. The number of benzene rings is 1. The number of halogens is 1. The SMILES string of the molecule is CC(CS)COc1ccccc1F. The van der Waals surface area contributed by atoms with E-state index < -0.39 is 0 Å². The fourth-order valence-corrected chi connectivity index (χ4v) is 0.952. The molecule has 1 nitrogen and oxygen atoms in total. The molecule has 72 valence electrons. The Bertz CT molecular complexity index is 265. The lowest BCUT2D eigenvalue weighted by Crippen LogP contribution is -2.10. The Morgan fingerprint density at radius 1 is 1.46 bits per heavy atom. The lowest BCUT2D eigenvalue weighted by atomic mass is 10.2. The first kappa shape index (κ1) is 10.4. The van der Waals surface area contributed by atoms with Crippen LogP contribution in [-0.2, 0) is 0 Å². The standard InChI is InChI=1S/C10H13FOS/c1-8(7-13)6-12-10-5-3-2-4-9(10)11/h2-5,8,13H,6-7H2,1H3. The highest BCUT2D eigenvalue weighted by atomic mass is 32.1. The average Bonchev–Trinajstić information content (AvgIpc) is 2.16. The molecule has 0 aromatic heterocycles. The first-order valence-electron chi connectivity index (χ1n) is 4.22. The van der Waals surface area contributed by atoms with Gasteiger partial charge in [-0.25, -0.2) is 4.39 Å². The minimum atomic E-state index is -0.311. The van der Waals surface area contributed by atoms with E-state index in [1.165, 1.54) is 6.07 Å². The number of rotatable bonds is 4. The van der Waals surface area contributed by atoms with Crippen LogP contribution in [0.25, 0.3) is 0 Å². The summed E-state index contributed by atoms with van der Waals surface area (Å²) in [5, 5.41) is 0. The molecule has 0 N–H and O–H groups in total. The summed E-state index contributed by atoms with van der Waals surface area (Å²) < 4.78 is 18.3. The quantitative estimate of drug-likeness (QED) is 0.735. The van der Waals surface area contributed by atoms with Crippen molar-refractivity contribution in [3.05, 3.63) is 30.1 Å². The van der Waals surface area contributed by atoms with Crippen molar-refractivity contribution in [1.82, 2.24) is 0 Å². The molecule has 1 unspecified atom stereocenters. The van der Waals surface area contributed by atoms with E-state index in [0.29, 0.717) is 18.3 Å². The highest BCUT2D eigenvalue weighted by molar-refractivity contribution is 7.80. The smallest absolute Gasteiger partial charge is 0.165 e. The van der Waals surface area contributed by atoms with E-state index in [9.17, 15) is 4.39 Å². The lowest BCUT2D eigenvalue weighted by molar-refractivity contribution is 0.262. The molecule has 0 spiro atoms. The molecule has 0 aliphatic carbocycles. The van der Waals surface area contributed by atoms with Gasteiger partial charge in [0.15, 0.2) is 11.6 Å². The molecule has 3 heteroatoms. The van der Waals surface area contributed by atoms with Gasteiger partial charge in [-0.05, 0) is 23.8 Å². The molecule has 0 bridgehead atoms. The van der Waals surface area contributed by atoms with Crippen LogP contribution in [0.5, 0.6) is 5.75 Å². The van der Waals surface area contributed by atoms with Crippen LogP contribution in [0.2, 0.25) is 0 Å². The van der Waals surface area contributed by atoms with Crippen molar-refractivity contribution >= 4 is 12.6 Å². The van der Waals surface area contributed by atoms with Crippen LogP contribution < -0.4 is 4.74 Å². The number of hydrogen-bond donors (Lipinski definition) is 1. The minimum Gasteiger partial charge on any atom is -0.490 e. The van der Waals surface area contributed by atoms with E-state index in [-0.39, 0.29) is 5.82 Å². The third-order valence-electron chi connectivity index (χ3n) is 1.67. The molecule has 0 saturated carbocycles. The second kappa shape index (κ2) is 5.12. The van der Waals surface area contributed by atoms with Gasteiger partial charge in [-0.15, -0.1) is 0 Å². The number of para-hydroxylation sites is 1. The molecule has 0 amide bonds. The van der Waals surface area contributed by atoms with Crippen molar-refractivity contribution in [2.45, 2.75) is 6.92 Å².